The SMILES string of the molecule is Cc1ccc(-c2c(Cl)nc(-c3ccn(C)n3)nc2Cl)cc1. The lowest BCUT2D eigenvalue weighted by molar-refractivity contribution is 0.768. The molecule has 3 rings (SSSR count). The van der Waals surface area contributed by atoms with Crippen molar-refractivity contribution in [3.63, 3.8) is 0 Å². The van der Waals surface area contributed by atoms with Crippen LogP contribution in [0.5, 0.6) is 0 Å². The molecule has 2 aromatic heterocycles. The second-order valence-electron chi connectivity index (χ2n) is 4.74. The maximum Gasteiger partial charge on any atom is 0.182 e. The summed E-state index contributed by atoms with van der Waals surface area (Å²) in [7, 11) is 1.83. The number of aromatic nitrogens is 4. The molecule has 106 valence electrons. The molecule has 0 aliphatic heterocycles. The highest BCUT2D eigenvalue weighted by Crippen LogP contribution is 2.33. The van der Waals surface area contributed by atoms with Crippen molar-refractivity contribution < 1.29 is 0 Å². The number of hydrogen-bond acceptors (Lipinski definition) is 3. The zero-order chi connectivity index (χ0) is 15.0. The van der Waals surface area contributed by atoms with Gasteiger partial charge in [-0.2, -0.15) is 5.10 Å². The Morgan fingerprint density at radius 3 is 2.10 bits per heavy atom. The summed E-state index contributed by atoms with van der Waals surface area (Å²) in [5.74, 6) is 0.418. The number of nitrogens with zero attached hydrogens (tertiary/aromatic N) is 4. The third-order valence-electron chi connectivity index (χ3n) is 3.10. The summed E-state index contributed by atoms with van der Waals surface area (Å²) in [4.78, 5) is 8.62. The highest BCUT2D eigenvalue weighted by atomic mass is 35.5. The zero-order valence-electron chi connectivity index (χ0n) is 11.5. The molecule has 0 unspecified atom stereocenters. The lowest BCUT2D eigenvalue weighted by atomic mass is 10.1. The van der Waals surface area contributed by atoms with E-state index in [1.54, 1.807) is 4.68 Å². The summed E-state index contributed by atoms with van der Waals surface area (Å²) < 4.78 is 1.67. The Bertz CT molecular complexity index is 771. The molecule has 0 radical (unpaired) electrons. The molecule has 0 aliphatic rings. The molecule has 6 heteroatoms. The van der Waals surface area contributed by atoms with Crippen molar-refractivity contribution in [3.8, 4) is 22.6 Å². The highest BCUT2D eigenvalue weighted by Gasteiger charge is 2.15. The molecule has 0 aliphatic carbocycles. The Labute approximate surface area is 132 Å². The normalized spacial score (nSPS) is 10.9. The molecule has 4 nitrogen and oxygen atoms in total. The number of halogens is 2. The third kappa shape index (κ3) is 2.77. The van der Waals surface area contributed by atoms with E-state index >= 15 is 0 Å². The Kier molecular flexibility index (Phi) is 3.66. The fourth-order valence-corrected chi connectivity index (χ4v) is 2.62. The van der Waals surface area contributed by atoms with E-state index in [-0.39, 0.29) is 0 Å². The van der Waals surface area contributed by atoms with Crippen molar-refractivity contribution in [1.29, 1.82) is 0 Å². The molecular weight excluding hydrogens is 307 g/mol. The van der Waals surface area contributed by atoms with Crippen LogP contribution in [0.1, 0.15) is 5.56 Å². The molecule has 0 N–H and O–H groups in total. The Morgan fingerprint density at radius 1 is 0.952 bits per heavy atom. The van der Waals surface area contributed by atoms with Crippen molar-refractivity contribution in [1.82, 2.24) is 19.7 Å². The van der Waals surface area contributed by atoms with Crippen LogP contribution in [-0.4, -0.2) is 19.7 Å². The first kappa shape index (κ1) is 14.0. The van der Waals surface area contributed by atoms with E-state index in [1.165, 1.54) is 0 Å². The second kappa shape index (κ2) is 5.47. The van der Waals surface area contributed by atoms with Crippen LogP contribution in [0.2, 0.25) is 10.3 Å². The van der Waals surface area contributed by atoms with E-state index in [0.29, 0.717) is 27.4 Å². The van der Waals surface area contributed by atoms with Crippen molar-refractivity contribution in [2.45, 2.75) is 6.92 Å². The lowest BCUT2D eigenvalue weighted by Gasteiger charge is -2.08. The van der Waals surface area contributed by atoms with Gasteiger partial charge in [-0.1, -0.05) is 53.0 Å². The van der Waals surface area contributed by atoms with E-state index in [9.17, 15) is 0 Å². The maximum absolute atomic E-state index is 6.30. The van der Waals surface area contributed by atoms with Gasteiger partial charge in [-0.15, -0.1) is 0 Å². The van der Waals surface area contributed by atoms with Crippen LogP contribution < -0.4 is 0 Å². The average molecular weight is 319 g/mol. The summed E-state index contributed by atoms with van der Waals surface area (Å²) >= 11 is 12.6. The van der Waals surface area contributed by atoms with Crippen molar-refractivity contribution in [2.75, 3.05) is 0 Å². The molecule has 0 bridgehead atoms. The van der Waals surface area contributed by atoms with Gasteiger partial charge in [0.2, 0.25) is 0 Å². The highest BCUT2D eigenvalue weighted by molar-refractivity contribution is 6.37. The number of hydrogen-bond donors (Lipinski definition) is 0. The van der Waals surface area contributed by atoms with Gasteiger partial charge < -0.3 is 0 Å². The molecule has 21 heavy (non-hydrogen) atoms. The molecule has 0 atom stereocenters. The summed E-state index contributed by atoms with van der Waals surface area (Å²) in [6.07, 6.45) is 1.81. The van der Waals surface area contributed by atoms with Crippen LogP contribution in [0.3, 0.4) is 0 Å². The molecule has 3 aromatic rings. The minimum absolute atomic E-state index is 0.319. The van der Waals surface area contributed by atoms with E-state index in [4.69, 9.17) is 23.2 Å². The largest absolute Gasteiger partial charge is 0.275 e. The van der Waals surface area contributed by atoms with E-state index in [0.717, 1.165) is 11.1 Å². The van der Waals surface area contributed by atoms with Crippen LogP contribution in [0.15, 0.2) is 36.5 Å². The van der Waals surface area contributed by atoms with Crippen LogP contribution in [-0.2, 0) is 7.05 Å². The fraction of sp³-hybridized carbons (Fsp3) is 0.133. The number of benzene rings is 1. The maximum atomic E-state index is 6.30. The average Bonchev–Trinajstić information content (AvgIpc) is 2.87. The van der Waals surface area contributed by atoms with E-state index in [2.05, 4.69) is 15.1 Å². The molecule has 0 saturated carbocycles. The summed E-state index contributed by atoms with van der Waals surface area (Å²) in [5, 5.41) is 4.89. The first-order valence-electron chi connectivity index (χ1n) is 6.34. The second-order valence-corrected chi connectivity index (χ2v) is 5.46. The first-order valence-corrected chi connectivity index (χ1v) is 7.10. The Balaban J connectivity index is 2.10. The molecule has 0 amide bonds. The summed E-state index contributed by atoms with van der Waals surface area (Å²) in [6.45, 7) is 2.02. The van der Waals surface area contributed by atoms with E-state index in [1.807, 2.05) is 50.5 Å². The zero-order valence-corrected chi connectivity index (χ0v) is 13.0. The molecule has 0 saturated heterocycles. The quantitative estimate of drug-likeness (QED) is 0.666. The predicted molar refractivity (Wildman–Crippen MR) is 84.4 cm³/mol. The van der Waals surface area contributed by atoms with Crippen LogP contribution in [0.4, 0.5) is 0 Å². The first-order chi connectivity index (χ1) is 10.0. The fourth-order valence-electron chi connectivity index (χ4n) is 2.02. The Hall–Kier alpha value is -1.91. The minimum atomic E-state index is 0.319. The van der Waals surface area contributed by atoms with Gasteiger partial charge in [0.05, 0.1) is 5.56 Å². The van der Waals surface area contributed by atoms with Gasteiger partial charge in [-0.05, 0) is 18.6 Å². The van der Waals surface area contributed by atoms with Gasteiger partial charge in [0, 0.05) is 13.2 Å². The van der Waals surface area contributed by atoms with Crippen LogP contribution in [0, 0.1) is 6.92 Å². The molecule has 2 heterocycles. The van der Waals surface area contributed by atoms with Gasteiger partial charge >= 0.3 is 0 Å². The van der Waals surface area contributed by atoms with Gasteiger partial charge in [-0.25, -0.2) is 9.97 Å². The van der Waals surface area contributed by atoms with Gasteiger partial charge in [0.1, 0.15) is 16.0 Å². The topological polar surface area (TPSA) is 43.6 Å². The molecule has 0 fully saturated rings. The molecule has 0 spiro atoms. The van der Waals surface area contributed by atoms with Crippen molar-refractivity contribution in [2.24, 2.45) is 7.05 Å². The van der Waals surface area contributed by atoms with E-state index < -0.39 is 0 Å². The standard InChI is InChI=1S/C15H12Cl2N4/c1-9-3-5-10(6-4-9)12-13(16)18-15(19-14(12)17)11-7-8-21(2)20-11/h3-8H,1-2H3. The third-order valence-corrected chi connectivity index (χ3v) is 3.65. The number of rotatable bonds is 2. The molecule has 1 aromatic carbocycles. The van der Waals surface area contributed by atoms with Crippen molar-refractivity contribution in [3.05, 3.63) is 52.4 Å². The van der Waals surface area contributed by atoms with Crippen LogP contribution in [0.25, 0.3) is 22.6 Å². The van der Waals surface area contributed by atoms with Crippen molar-refractivity contribution >= 4 is 23.2 Å². The predicted octanol–water partition coefficient (Wildman–Crippen LogP) is 4.16. The molecular formula is C15H12Cl2N4. The van der Waals surface area contributed by atoms with Gasteiger partial charge in [0.15, 0.2) is 5.82 Å². The smallest absolute Gasteiger partial charge is 0.182 e. The van der Waals surface area contributed by atoms with Crippen LogP contribution >= 0.6 is 23.2 Å². The minimum Gasteiger partial charge on any atom is -0.275 e. The monoisotopic (exact) mass is 318 g/mol. The summed E-state index contributed by atoms with van der Waals surface area (Å²) in [5.41, 5.74) is 3.33. The Morgan fingerprint density at radius 2 is 1.57 bits per heavy atom. The van der Waals surface area contributed by atoms with Gasteiger partial charge in [0.25, 0.3) is 0 Å². The number of aryl methyl sites for hydroxylation is 2. The lowest BCUT2D eigenvalue weighted by Crippen LogP contribution is -1.96. The summed E-state index contributed by atoms with van der Waals surface area (Å²) in [6, 6.07) is 9.70. The van der Waals surface area contributed by atoms with Gasteiger partial charge in [-0.3, -0.25) is 4.68 Å².